The van der Waals surface area contributed by atoms with Gasteiger partial charge in [0, 0.05) is 108 Å². The van der Waals surface area contributed by atoms with E-state index in [1.165, 1.54) is 78.9 Å². The summed E-state index contributed by atoms with van der Waals surface area (Å²) in [5.41, 5.74) is 111. The van der Waals surface area contributed by atoms with E-state index < -0.39 is 99.5 Å². The first kappa shape index (κ1) is 118. The smallest absolute Gasteiger partial charge is 0.387 e. The molecule has 0 saturated carbocycles. The van der Waals surface area contributed by atoms with E-state index in [-0.39, 0.29) is 104 Å². The molecule has 149 heavy (non-hydrogen) atoms. The summed E-state index contributed by atoms with van der Waals surface area (Å²) < 4.78 is 104. The fourth-order valence-corrected chi connectivity index (χ4v) is 15.5. The van der Waals surface area contributed by atoms with Gasteiger partial charge in [-0.25, -0.2) is 39.3 Å². The van der Waals surface area contributed by atoms with Gasteiger partial charge in [-0.15, -0.1) is 4.67 Å². The van der Waals surface area contributed by atoms with Crippen LogP contribution in [0.25, 0.3) is 55.6 Å². The lowest BCUT2D eigenvalue weighted by atomic mass is 9.98. The standard InChI is InChI=1S/C14H12N2O4.2C13H12N2O2.C12H13N2O4P.C12H12N2O3S.C9H8N2O6.C8H8N2O4.C7H11N2O4P.C7H10N2O3S/c15-8-1-3-10(12(5-8)14(18)19)11-4-2-9(16)6-13(11)20-7-17;14-10-4-1-8(2-5-10)9-3-6-12(15)11(7-9)13(16)17;14-10-5-6-12(15)11(7-10)8-1-3-9(4-2-8)13(16)17;13-10-4-1-8(2-5-10)9-3-6-11(14)12(7-9)19(16,17)18-15;13-10-4-1-8(2-5-10)9-3-6-11(14)12(7-9)18(15,16)17;10-6-3(8(13)14)1-4(17-2-12)7(11)5(6)9(15)16;9-5-2-7(14-3-11)6(10)1-4(5)8(12)13;8-6-1-5(2-7(9)3-6)4-14(11,12)13-10;8-6-1-5(2-7(9)3-6)4-13(10,11)12/h1-7H,15-16H2,(H,18,19);2*1-7H,14-15H2,(H,16,17);1-7,15H,13-14H2,(H,16,17);1-7H,13-14H2,(H,15,16,17);1-2H,10-11H2,(H,13,14)(H,15,16);1-3H,9-10H2,(H,12,13);1-3,10H,4,8-9H2,(H,11,12);1-3H,4,8-9H2,(H,10,11,12). The number of carbonyl (C=O) groups is 9. The number of carboxylic acids is 6. The van der Waals surface area contributed by atoms with Gasteiger partial charge in [-0.1, -0.05) is 72.8 Å². The minimum Gasteiger partial charge on any atom is -0.478 e. The molecule has 2 atom stereocenters. The van der Waals surface area contributed by atoms with Crippen molar-refractivity contribution in [3.63, 3.8) is 0 Å². The lowest BCUT2D eigenvalue weighted by Crippen LogP contribution is -2.13. The highest BCUT2D eigenvalue weighted by molar-refractivity contribution is 7.86. The Kier molecular flexibility index (Phi) is 42.3. The van der Waals surface area contributed by atoms with Crippen molar-refractivity contribution in [1.29, 1.82) is 0 Å². The molecule has 0 heterocycles. The first-order valence-electron chi connectivity index (χ1n) is 41.2. The Hall–Kier alpha value is -19.3. The molecule has 14 rings (SSSR count). The number of nitrogens with two attached hydrogens (primary N) is 18. The third kappa shape index (κ3) is 36.0. The monoisotopic (exact) mass is 2130 g/mol. The highest BCUT2D eigenvalue weighted by Gasteiger charge is 2.28. The van der Waals surface area contributed by atoms with Crippen LogP contribution in [0.2, 0.25) is 0 Å². The minimum atomic E-state index is -4.32. The molecule has 14 aromatic rings. The van der Waals surface area contributed by atoms with Crippen LogP contribution in [0.3, 0.4) is 0 Å². The second-order valence-electron chi connectivity index (χ2n) is 30.5. The van der Waals surface area contributed by atoms with Crippen molar-refractivity contribution in [1.82, 2.24) is 0 Å². The number of hydrogen-bond donors (Lipinski definition) is 30. The van der Waals surface area contributed by atoms with Crippen LogP contribution < -0.4 is 123 Å². The van der Waals surface area contributed by atoms with Crippen LogP contribution in [0.1, 0.15) is 73.3 Å². The maximum Gasteiger partial charge on any atom is 0.387 e. The van der Waals surface area contributed by atoms with Gasteiger partial charge in [-0.3, -0.25) is 32.6 Å². The van der Waals surface area contributed by atoms with E-state index >= 15 is 0 Å². The Balaban J connectivity index is 0.000000257. The maximum absolute atomic E-state index is 11.6. The molecule has 0 aliphatic carbocycles. The lowest BCUT2D eigenvalue weighted by Gasteiger charge is -2.12. The van der Waals surface area contributed by atoms with Gasteiger partial charge < -0.3 is 158 Å². The summed E-state index contributed by atoms with van der Waals surface area (Å²) in [4.78, 5) is 114. The van der Waals surface area contributed by atoms with Crippen LogP contribution in [-0.2, 0) is 65.0 Å². The van der Waals surface area contributed by atoms with Gasteiger partial charge in [0.15, 0.2) is 11.5 Å². The number of hydrogen-bond acceptors (Lipinski definition) is 40. The van der Waals surface area contributed by atoms with Crippen molar-refractivity contribution in [2.24, 2.45) is 0 Å². The molecular formula is C95H98N18O32P2S2. The summed E-state index contributed by atoms with van der Waals surface area (Å²) in [6.45, 7) is 0.445. The van der Waals surface area contributed by atoms with E-state index in [0.717, 1.165) is 45.5 Å². The fraction of sp³-hybridized carbons (Fsp3) is 0.0211. The van der Waals surface area contributed by atoms with Crippen molar-refractivity contribution in [2.75, 3.05) is 103 Å². The highest BCUT2D eigenvalue weighted by Crippen LogP contribution is 2.46. The van der Waals surface area contributed by atoms with E-state index in [2.05, 4.69) is 18.8 Å². The Morgan fingerprint density at radius 1 is 0.295 bits per heavy atom. The van der Waals surface area contributed by atoms with Gasteiger partial charge in [0.2, 0.25) is 0 Å². The van der Waals surface area contributed by atoms with Crippen LogP contribution >= 0.6 is 15.2 Å². The highest BCUT2D eigenvalue weighted by atomic mass is 32.2. The predicted octanol–water partition coefficient (Wildman–Crippen LogP) is 10.9. The molecule has 14 aromatic carbocycles. The first-order chi connectivity index (χ1) is 69.7. The summed E-state index contributed by atoms with van der Waals surface area (Å²) in [5.74, 6) is -7.87. The zero-order chi connectivity index (χ0) is 112. The summed E-state index contributed by atoms with van der Waals surface area (Å²) in [7, 11) is -16.6. The maximum atomic E-state index is 11.6. The minimum absolute atomic E-state index is 0.000848. The van der Waals surface area contributed by atoms with Crippen molar-refractivity contribution < 1.29 is 153 Å². The summed E-state index contributed by atoms with van der Waals surface area (Å²) >= 11 is 0. The second kappa shape index (κ2) is 53.2. The van der Waals surface area contributed by atoms with Crippen molar-refractivity contribution in [2.45, 2.75) is 16.8 Å². The van der Waals surface area contributed by atoms with Crippen LogP contribution in [0.4, 0.5) is 102 Å². The number of carboxylic acid groups (broad SMARTS) is 6. The number of rotatable bonds is 25. The SMILES string of the molecule is Nc1c(OC=O)cc(C(=O)O)c(N)c1C(=O)O.Nc1cc(C(=O)O)c(N)cc1OC=O.Nc1cc(N)cc(CP(=O)(O)OO)c1.Nc1cc(N)cc(CS(=O)(=O)O)c1.Nc1ccc(-c2ccc(N)c(C(=O)O)c2)cc1.Nc1ccc(-c2ccc(N)c(P(=O)(O)OO)c2)cc1.Nc1ccc(-c2ccc(N)c(S(=O)(=O)O)c2)cc1.Nc1ccc(-c2ccc(N)cc2C(=O)O)c(OC=O)c1.Nc1ccc(N)c(-c2ccc(C(=O)O)cc2)c1. The molecule has 0 aliphatic heterocycles. The average molecular weight is 2130 g/mol. The Labute approximate surface area is 844 Å². The van der Waals surface area contributed by atoms with Crippen LogP contribution in [-0.4, -0.2) is 132 Å². The Bertz CT molecular complexity index is 7600. The normalized spacial score (nSPS) is 11.2. The van der Waals surface area contributed by atoms with Gasteiger partial charge in [0.05, 0.1) is 62.0 Å². The molecule has 50 nitrogen and oxygen atoms in total. The number of anilines is 18. The van der Waals surface area contributed by atoms with Gasteiger partial charge in [0.1, 0.15) is 22.0 Å². The van der Waals surface area contributed by atoms with Crippen molar-refractivity contribution in [3.8, 4) is 72.9 Å². The van der Waals surface area contributed by atoms with Gasteiger partial charge in [0.25, 0.3) is 39.7 Å². The molecule has 0 aromatic heterocycles. The van der Waals surface area contributed by atoms with Crippen LogP contribution in [0, 0.1) is 0 Å². The van der Waals surface area contributed by atoms with Crippen molar-refractivity contribution >= 4 is 198 Å². The van der Waals surface area contributed by atoms with E-state index in [1.807, 2.05) is 12.1 Å². The molecule has 54 heteroatoms. The van der Waals surface area contributed by atoms with Gasteiger partial charge in [-0.2, -0.15) is 21.5 Å². The summed E-state index contributed by atoms with van der Waals surface area (Å²) in [5, 5.41) is 69.8. The zero-order valence-electron chi connectivity index (χ0n) is 77.1. The number of nitrogen functional groups attached to an aromatic ring is 18. The van der Waals surface area contributed by atoms with E-state index in [9.17, 15) is 79.1 Å². The Morgan fingerprint density at radius 2 is 0.685 bits per heavy atom. The molecule has 0 bridgehead atoms. The van der Waals surface area contributed by atoms with Crippen LogP contribution in [0.5, 0.6) is 17.2 Å². The summed E-state index contributed by atoms with van der Waals surface area (Å²) in [6.07, 6.45) is -0.335. The second-order valence-corrected chi connectivity index (χ2v) is 36.7. The number of aromatic carboxylic acids is 6. The molecule has 0 saturated heterocycles. The first-order valence-corrected chi connectivity index (χ1v) is 47.6. The molecule has 48 N–H and O–H groups in total. The van der Waals surface area contributed by atoms with E-state index in [4.69, 9.17) is 158 Å². The summed E-state index contributed by atoms with van der Waals surface area (Å²) in [6, 6.07) is 68.0. The number of carbonyl (C=O) groups excluding carboxylic acids is 3. The zero-order valence-corrected chi connectivity index (χ0v) is 80.5. The van der Waals surface area contributed by atoms with Gasteiger partial charge >= 0.3 is 51.0 Å². The Morgan fingerprint density at radius 3 is 1.13 bits per heavy atom. The van der Waals surface area contributed by atoms with Crippen molar-refractivity contribution in [3.05, 3.63) is 305 Å². The molecule has 0 radical (unpaired) electrons. The molecule has 2 unspecified atom stereocenters. The average Bonchev–Trinajstić information content (AvgIpc) is 0.785. The quantitative estimate of drug-likeness (QED) is 0.00631. The molecule has 782 valence electrons. The molecule has 0 amide bonds. The molecule has 0 spiro atoms. The third-order valence-corrected chi connectivity index (χ3v) is 23.4. The fourth-order valence-electron chi connectivity index (χ4n) is 12.7. The largest absolute Gasteiger partial charge is 0.478 e. The molecule has 0 aliphatic rings. The van der Waals surface area contributed by atoms with E-state index in [0.29, 0.717) is 95.9 Å². The lowest BCUT2D eigenvalue weighted by molar-refractivity contribution is -0.146. The number of ether oxygens (including phenoxy) is 3. The molecule has 0 fully saturated rings. The topological polar surface area (TPSA) is 1010 Å². The molecular weight excluding hydrogens is 2030 g/mol. The predicted molar refractivity (Wildman–Crippen MR) is 562 cm³/mol. The third-order valence-electron chi connectivity index (χ3n) is 19.5. The van der Waals surface area contributed by atoms with E-state index in [1.54, 1.807) is 158 Å². The van der Waals surface area contributed by atoms with Crippen LogP contribution in [0.15, 0.2) is 266 Å². The number of benzene rings is 14. The van der Waals surface area contributed by atoms with Gasteiger partial charge in [-0.05, 0) is 226 Å².